The monoisotopic (exact) mass is 396 g/mol. The van der Waals surface area contributed by atoms with Crippen molar-refractivity contribution >= 4 is 51.7 Å². The van der Waals surface area contributed by atoms with Crippen molar-refractivity contribution in [2.24, 2.45) is 4.99 Å². The van der Waals surface area contributed by atoms with Crippen molar-refractivity contribution in [1.82, 2.24) is 4.90 Å². The number of nitro benzene ring substituents is 1. The van der Waals surface area contributed by atoms with Gasteiger partial charge in [0.25, 0.3) is 11.6 Å². The minimum absolute atomic E-state index is 0.0661. The molecule has 26 heavy (non-hydrogen) atoms. The van der Waals surface area contributed by atoms with E-state index in [0.29, 0.717) is 5.17 Å². The normalized spacial score (nSPS) is 20.0. The number of carbonyl (C=O) groups excluding carboxylic acids is 2. The number of rotatable bonds is 4. The minimum Gasteiger partial charge on any atom is -0.351 e. The average Bonchev–Trinajstić information content (AvgIpc) is 2.98. The Morgan fingerprint density at radius 3 is 2.81 bits per heavy atom. The molecule has 0 bridgehead atoms. The summed E-state index contributed by atoms with van der Waals surface area (Å²) in [5.41, 5.74) is -0.0229. The molecule has 0 aromatic heterocycles. The third-order valence-electron chi connectivity index (χ3n) is 4.16. The van der Waals surface area contributed by atoms with E-state index in [4.69, 9.17) is 11.6 Å². The number of thioether (sulfide) groups is 1. The Kier molecular flexibility index (Phi) is 5.77. The highest BCUT2D eigenvalue weighted by Crippen LogP contribution is 2.30. The molecule has 0 radical (unpaired) electrons. The first-order chi connectivity index (χ1) is 12.4. The SMILES string of the molecule is O=C(C[C@@H]1SC(N2CCCCC2)=NC1=O)Nc1cc([N+](=O)[O-])ccc1Cl. The highest BCUT2D eigenvalue weighted by atomic mass is 35.5. The Hall–Kier alpha value is -2.13. The number of carbonyl (C=O) groups is 2. The zero-order chi connectivity index (χ0) is 18.7. The van der Waals surface area contributed by atoms with Crippen LogP contribution in [-0.2, 0) is 9.59 Å². The molecule has 1 fully saturated rings. The minimum atomic E-state index is -0.579. The van der Waals surface area contributed by atoms with Gasteiger partial charge in [0.2, 0.25) is 5.91 Å². The largest absolute Gasteiger partial charge is 0.351 e. The lowest BCUT2D eigenvalue weighted by atomic mass is 10.1. The molecule has 1 saturated heterocycles. The van der Waals surface area contributed by atoms with Gasteiger partial charge < -0.3 is 10.2 Å². The zero-order valence-electron chi connectivity index (χ0n) is 13.8. The number of likely N-dealkylation sites (tertiary alicyclic amines) is 1. The van der Waals surface area contributed by atoms with Gasteiger partial charge in [0.15, 0.2) is 5.17 Å². The molecule has 8 nitrogen and oxygen atoms in total. The van der Waals surface area contributed by atoms with Crippen molar-refractivity contribution < 1.29 is 14.5 Å². The number of amides is 2. The molecule has 1 aromatic rings. The van der Waals surface area contributed by atoms with Crippen LogP contribution >= 0.6 is 23.4 Å². The van der Waals surface area contributed by atoms with Gasteiger partial charge in [-0.05, 0) is 25.3 Å². The molecule has 2 heterocycles. The lowest BCUT2D eigenvalue weighted by Gasteiger charge is -2.27. The predicted molar refractivity (Wildman–Crippen MR) is 101 cm³/mol. The second-order valence-corrected chi connectivity index (χ2v) is 7.64. The summed E-state index contributed by atoms with van der Waals surface area (Å²) >= 11 is 7.28. The second-order valence-electron chi connectivity index (χ2n) is 6.06. The molecule has 1 atom stereocenters. The molecule has 0 saturated carbocycles. The average molecular weight is 397 g/mol. The summed E-state index contributed by atoms with van der Waals surface area (Å²) < 4.78 is 0. The number of hydrogen-bond donors (Lipinski definition) is 1. The highest BCUT2D eigenvalue weighted by Gasteiger charge is 2.33. The number of amidine groups is 1. The van der Waals surface area contributed by atoms with E-state index in [1.54, 1.807) is 0 Å². The quantitative estimate of drug-likeness (QED) is 0.619. The Labute approximate surface area is 159 Å². The van der Waals surface area contributed by atoms with Crippen LogP contribution in [0, 0.1) is 10.1 Å². The van der Waals surface area contributed by atoms with Gasteiger partial charge in [-0.1, -0.05) is 23.4 Å². The van der Waals surface area contributed by atoms with Crippen LogP contribution in [0.2, 0.25) is 5.02 Å². The molecule has 0 unspecified atom stereocenters. The smallest absolute Gasteiger partial charge is 0.271 e. The molecule has 1 N–H and O–H groups in total. The van der Waals surface area contributed by atoms with E-state index < -0.39 is 16.1 Å². The van der Waals surface area contributed by atoms with Gasteiger partial charge >= 0.3 is 0 Å². The van der Waals surface area contributed by atoms with Crippen molar-refractivity contribution in [1.29, 1.82) is 0 Å². The van der Waals surface area contributed by atoms with E-state index in [2.05, 4.69) is 15.2 Å². The van der Waals surface area contributed by atoms with E-state index in [9.17, 15) is 19.7 Å². The molecular weight excluding hydrogens is 380 g/mol. The molecule has 3 rings (SSSR count). The fraction of sp³-hybridized carbons (Fsp3) is 0.438. The number of aliphatic imine (C=N–C) groups is 1. The fourth-order valence-electron chi connectivity index (χ4n) is 2.82. The van der Waals surface area contributed by atoms with Crippen molar-refractivity contribution in [2.75, 3.05) is 18.4 Å². The molecule has 0 spiro atoms. The number of nitro groups is 1. The summed E-state index contributed by atoms with van der Waals surface area (Å²) in [6, 6.07) is 3.80. The summed E-state index contributed by atoms with van der Waals surface area (Å²) in [6.07, 6.45) is 3.26. The number of nitrogens with one attached hydrogen (secondary N) is 1. The molecule has 138 valence electrons. The van der Waals surface area contributed by atoms with Crippen LogP contribution in [-0.4, -0.2) is 45.1 Å². The maximum Gasteiger partial charge on any atom is 0.271 e. The van der Waals surface area contributed by atoms with Crippen LogP contribution in [0.15, 0.2) is 23.2 Å². The third-order valence-corrected chi connectivity index (χ3v) is 5.70. The van der Waals surface area contributed by atoms with E-state index in [0.717, 1.165) is 25.9 Å². The summed E-state index contributed by atoms with van der Waals surface area (Å²) in [4.78, 5) is 40.8. The van der Waals surface area contributed by atoms with Gasteiger partial charge in [-0.15, -0.1) is 0 Å². The Morgan fingerprint density at radius 1 is 1.38 bits per heavy atom. The summed E-state index contributed by atoms with van der Waals surface area (Å²) in [5, 5.41) is 13.7. The van der Waals surface area contributed by atoms with Gasteiger partial charge in [-0.3, -0.25) is 19.7 Å². The van der Waals surface area contributed by atoms with Gasteiger partial charge in [0, 0.05) is 31.6 Å². The standard InChI is InChI=1S/C16H17ClN4O4S/c17-11-5-4-10(21(24)25)8-12(11)18-14(22)9-13-15(23)19-16(26-13)20-6-2-1-3-7-20/h4-5,8,13H,1-3,6-7,9H2,(H,18,22)/t13-/m0/s1. The van der Waals surface area contributed by atoms with Crippen LogP contribution in [0.25, 0.3) is 0 Å². The maximum atomic E-state index is 12.3. The molecule has 2 aliphatic rings. The number of nitrogens with zero attached hydrogens (tertiary/aromatic N) is 3. The lowest BCUT2D eigenvalue weighted by Crippen LogP contribution is -2.33. The van der Waals surface area contributed by atoms with E-state index >= 15 is 0 Å². The van der Waals surface area contributed by atoms with E-state index in [-0.39, 0.29) is 28.7 Å². The Balaban J connectivity index is 1.60. The van der Waals surface area contributed by atoms with Crippen molar-refractivity contribution in [3.05, 3.63) is 33.3 Å². The molecule has 0 aliphatic carbocycles. The van der Waals surface area contributed by atoms with Gasteiger partial charge in [0.05, 0.1) is 15.6 Å². The number of non-ortho nitro benzene ring substituents is 1. The number of halogens is 1. The Bertz CT molecular complexity index is 780. The lowest BCUT2D eigenvalue weighted by molar-refractivity contribution is -0.384. The maximum absolute atomic E-state index is 12.3. The van der Waals surface area contributed by atoms with E-state index in [1.807, 2.05) is 0 Å². The topological polar surface area (TPSA) is 105 Å². The number of hydrogen-bond acceptors (Lipinski definition) is 6. The van der Waals surface area contributed by atoms with Crippen LogP contribution in [0.3, 0.4) is 0 Å². The molecule has 2 aliphatic heterocycles. The Morgan fingerprint density at radius 2 is 2.12 bits per heavy atom. The molecule has 1 aromatic carbocycles. The van der Waals surface area contributed by atoms with Gasteiger partial charge in [0.1, 0.15) is 5.25 Å². The highest BCUT2D eigenvalue weighted by molar-refractivity contribution is 8.15. The van der Waals surface area contributed by atoms with Gasteiger partial charge in [-0.25, -0.2) is 0 Å². The fourth-order valence-corrected chi connectivity index (χ4v) is 4.10. The predicted octanol–water partition coefficient (Wildman–Crippen LogP) is 3.06. The van der Waals surface area contributed by atoms with Crippen LogP contribution in [0.5, 0.6) is 0 Å². The first-order valence-electron chi connectivity index (χ1n) is 8.22. The number of benzene rings is 1. The summed E-state index contributed by atoms with van der Waals surface area (Å²) in [5.74, 6) is -0.760. The van der Waals surface area contributed by atoms with Crippen LogP contribution in [0.4, 0.5) is 11.4 Å². The molecule has 10 heteroatoms. The van der Waals surface area contributed by atoms with Crippen LogP contribution in [0.1, 0.15) is 25.7 Å². The third kappa shape index (κ3) is 4.34. The summed E-state index contributed by atoms with van der Waals surface area (Å²) in [6.45, 7) is 1.75. The molecular formula is C16H17ClN4O4S. The zero-order valence-corrected chi connectivity index (χ0v) is 15.4. The van der Waals surface area contributed by atoms with Gasteiger partial charge in [-0.2, -0.15) is 4.99 Å². The number of anilines is 1. The second kappa shape index (κ2) is 8.05. The number of piperidine rings is 1. The van der Waals surface area contributed by atoms with Crippen molar-refractivity contribution in [2.45, 2.75) is 30.9 Å². The van der Waals surface area contributed by atoms with E-state index in [1.165, 1.54) is 36.4 Å². The first kappa shape index (κ1) is 18.7. The molecule has 2 amide bonds. The first-order valence-corrected chi connectivity index (χ1v) is 9.48. The van der Waals surface area contributed by atoms with Crippen molar-refractivity contribution in [3.8, 4) is 0 Å². The summed E-state index contributed by atoms with van der Waals surface area (Å²) in [7, 11) is 0. The van der Waals surface area contributed by atoms with Crippen LogP contribution < -0.4 is 5.32 Å². The van der Waals surface area contributed by atoms with Crippen molar-refractivity contribution in [3.63, 3.8) is 0 Å².